The highest BCUT2D eigenvalue weighted by molar-refractivity contribution is 7.15. The van der Waals surface area contributed by atoms with Crippen molar-refractivity contribution in [3.63, 3.8) is 0 Å². The Bertz CT molecular complexity index is 739. The third-order valence-electron chi connectivity index (χ3n) is 4.03. The van der Waals surface area contributed by atoms with E-state index in [4.69, 9.17) is 0 Å². The van der Waals surface area contributed by atoms with Gasteiger partial charge in [0.1, 0.15) is 0 Å². The van der Waals surface area contributed by atoms with Crippen molar-refractivity contribution in [1.29, 1.82) is 0 Å². The number of anilines is 1. The lowest BCUT2D eigenvalue weighted by molar-refractivity contribution is -0.137. The van der Waals surface area contributed by atoms with Crippen LogP contribution in [0, 0.1) is 0 Å². The number of nitrogens with zero attached hydrogens (tertiary/aromatic N) is 1. The first-order valence-electron chi connectivity index (χ1n) is 8.04. The van der Waals surface area contributed by atoms with Gasteiger partial charge in [-0.15, -0.1) is 11.3 Å². The molecular formula is C17H18F3N3OS. The second kappa shape index (κ2) is 7.53. The summed E-state index contributed by atoms with van der Waals surface area (Å²) in [6, 6.07) is 5.46. The van der Waals surface area contributed by atoms with Crippen LogP contribution in [0.4, 0.5) is 18.3 Å². The summed E-state index contributed by atoms with van der Waals surface area (Å²) in [5.74, 6) is -0.0978. The Balaban J connectivity index is 1.59. The first-order chi connectivity index (χ1) is 11.9. The lowest BCUT2D eigenvalue weighted by atomic mass is 10.1. The molecule has 1 aliphatic heterocycles. The summed E-state index contributed by atoms with van der Waals surface area (Å²) in [6.45, 7) is 0.941. The second-order valence-electron chi connectivity index (χ2n) is 6.05. The third-order valence-corrected chi connectivity index (χ3v) is 4.94. The molecule has 0 aliphatic carbocycles. The molecule has 2 aromatic rings. The molecule has 134 valence electrons. The number of nitrogens with one attached hydrogen (secondary N) is 2. The quantitative estimate of drug-likeness (QED) is 0.842. The smallest absolute Gasteiger partial charge is 0.313 e. The Morgan fingerprint density at radius 1 is 1.40 bits per heavy atom. The van der Waals surface area contributed by atoms with E-state index in [-0.39, 0.29) is 11.9 Å². The highest BCUT2D eigenvalue weighted by Gasteiger charge is 2.30. The Morgan fingerprint density at radius 3 is 2.96 bits per heavy atom. The third kappa shape index (κ3) is 5.02. The van der Waals surface area contributed by atoms with Crippen LogP contribution in [0.3, 0.4) is 0 Å². The fourth-order valence-corrected chi connectivity index (χ4v) is 3.69. The molecule has 0 saturated carbocycles. The lowest BCUT2D eigenvalue weighted by Crippen LogP contribution is -2.27. The molecule has 1 atom stereocenters. The highest BCUT2D eigenvalue weighted by atomic mass is 32.1. The van der Waals surface area contributed by atoms with Gasteiger partial charge in [-0.3, -0.25) is 4.79 Å². The van der Waals surface area contributed by atoms with Gasteiger partial charge in [0.05, 0.1) is 5.56 Å². The van der Waals surface area contributed by atoms with Crippen molar-refractivity contribution in [3.8, 4) is 0 Å². The van der Waals surface area contributed by atoms with Crippen molar-refractivity contribution in [3.05, 3.63) is 46.5 Å². The van der Waals surface area contributed by atoms with E-state index in [0.29, 0.717) is 23.5 Å². The van der Waals surface area contributed by atoms with Crippen molar-refractivity contribution in [2.24, 2.45) is 0 Å². The van der Waals surface area contributed by atoms with Crippen LogP contribution in [-0.2, 0) is 17.4 Å². The number of carbonyl (C=O) groups excluding carboxylic acids is 1. The minimum absolute atomic E-state index is 0.0978. The summed E-state index contributed by atoms with van der Waals surface area (Å²) < 4.78 is 38.3. The molecule has 1 saturated heterocycles. The molecule has 8 heteroatoms. The van der Waals surface area contributed by atoms with Gasteiger partial charge in [-0.2, -0.15) is 13.2 Å². The van der Waals surface area contributed by atoms with Crippen LogP contribution in [0.2, 0.25) is 0 Å². The summed E-state index contributed by atoms with van der Waals surface area (Å²) in [5, 5.41) is 6.49. The number of alkyl halides is 3. The van der Waals surface area contributed by atoms with Gasteiger partial charge in [0.2, 0.25) is 5.91 Å². The van der Waals surface area contributed by atoms with Gasteiger partial charge in [0.25, 0.3) is 0 Å². The number of aromatic nitrogens is 1. The van der Waals surface area contributed by atoms with Gasteiger partial charge >= 0.3 is 6.18 Å². The van der Waals surface area contributed by atoms with Crippen LogP contribution in [0.25, 0.3) is 0 Å². The molecule has 0 bridgehead atoms. The lowest BCUT2D eigenvalue weighted by Gasteiger charge is -2.08. The van der Waals surface area contributed by atoms with Crippen LogP contribution in [-0.4, -0.2) is 23.5 Å². The minimum Gasteiger partial charge on any atom is -0.313 e. The second-order valence-corrected chi connectivity index (χ2v) is 7.17. The number of hydrogen-bond acceptors (Lipinski definition) is 4. The van der Waals surface area contributed by atoms with Crippen molar-refractivity contribution < 1.29 is 18.0 Å². The Hall–Kier alpha value is -1.93. The summed E-state index contributed by atoms with van der Waals surface area (Å²) in [6.07, 6.45) is 0.0675. The van der Waals surface area contributed by atoms with Crippen molar-refractivity contribution in [2.75, 3.05) is 11.9 Å². The number of carbonyl (C=O) groups is 1. The average molecular weight is 369 g/mol. The summed E-state index contributed by atoms with van der Waals surface area (Å²) in [4.78, 5) is 16.9. The molecule has 2 heterocycles. The molecule has 2 N–H and O–H groups in total. The maximum atomic E-state index is 12.8. The van der Waals surface area contributed by atoms with E-state index in [2.05, 4.69) is 15.6 Å². The van der Waals surface area contributed by atoms with Gasteiger partial charge in [0, 0.05) is 30.0 Å². The SMILES string of the molecule is O=C(CC1CCCN1)Nc1ncc(Cc2cccc(C(F)(F)F)c2)s1. The highest BCUT2D eigenvalue weighted by Crippen LogP contribution is 2.30. The molecule has 0 radical (unpaired) electrons. The summed E-state index contributed by atoms with van der Waals surface area (Å²) in [5.41, 5.74) is -0.0985. The molecule has 4 nitrogen and oxygen atoms in total. The van der Waals surface area contributed by atoms with E-state index in [1.807, 2.05) is 0 Å². The molecule has 1 aromatic heterocycles. The van der Waals surface area contributed by atoms with E-state index < -0.39 is 11.7 Å². The number of rotatable bonds is 5. The maximum Gasteiger partial charge on any atom is 0.416 e. The summed E-state index contributed by atoms with van der Waals surface area (Å²) in [7, 11) is 0. The van der Waals surface area contributed by atoms with Crippen LogP contribution < -0.4 is 10.6 Å². The van der Waals surface area contributed by atoms with Crippen LogP contribution in [0.15, 0.2) is 30.5 Å². The molecule has 1 aliphatic rings. The van der Waals surface area contributed by atoms with Crippen LogP contribution in [0.5, 0.6) is 0 Å². The van der Waals surface area contributed by atoms with E-state index in [9.17, 15) is 18.0 Å². The van der Waals surface area contributed by atoms with E-state index >= 15 is 0 Å². The fourth-order valence-electron chi connectivity index (χ4n) is 2.83. The van der Waals surface area contributed by atoms with Gasteiger partial charge < -0.3 is 10.6 Å². The minimum atomic E-state index is -4.35. The van der Waals surface area contributed by atoms with Crippen LogP contribution >= 0.6 is 11.3 Å². The zero-order valence-electron chi connectivity index (χ0n) is 13.4. The monoisotopic (exact) mass is 369 g/mol. The number of thiazole rings is 1. The summed E-state index contributed by atoms with van der Waals surface area (Å²) >= 11 is 1.28. The standard InChI is InChI=1S/C17H18F3N3OS/c18-17(19,20)12-4-1-3-11(7-12)8-14-10-22-16(25-14)23-15(24)9-13-5-2-6-21-13/h1,3-4,7,10,13,21H,2,5-6,8-9H2,(H,22,23,24). The predicted molar refractivity (Wildman–Crippen MR) is 90.6 cm³/mol. The molecule has 1 aromatic carbocycles. The first-order valence-corrected chi connectivity index (χ1v) is 8.86. The number of amides is 1. The number of benzene rings is 1. The topological polar surface area (TPSA) is 54.0 Å². The predicted octanol–water partition coefficient (Wildman–Crippen LogP) is 3.83. The zero-order chi connectivity index (χ0) is 17.9. The Kier molecular flexibility index (Phi) is 5.39. The Morgan fingerprint density at radius 2 is 2.24 bits per heavy atom. The van der Waals surface area contributed by atoms with Gasteiger partial charge in [-0.1, -0.05) is 18.2 Å². The molecule has 1 unspecified atom stereocenters. The van der Waals surface area contributed by atoms with Gasteiger partial charge in [0.15, 0.2) is 5.13 Å². The molecular weight excluding hydrogens is 351 g/mol. The van der Waals surface area contributed by atoms with Gasteiger partial charge in [-0.05, 0) is 31.0 Å². The van der Waals surface area contributed by atoms with E-state index in [1.165, 1.54) is 17.4 Å². The van der Waals surface area contributed by atoms with Crippen molar-refractivity contribution in [1.82, 2.24) is 10.3 Å². The number of hydrogen-bond donors (Lipinski definition) is 2. The van der Waals surface area contributed by atoms with Gasteiger partial charge in [-0.25, -0.2) is 4.98 Å². The normalized spacial score (nSPS) is 17.6. The molecule has 1 amide bonds. The first kappa shape index (κ1) is 17.9. The van der Waals surface area contributed by atoms with E-state index in [0.717, 1.165) is 36.4 Å². The van der Waals surface area contributed by atoms with Crippen molar-refractivity contribution in [2.45, 2.75) is 37.9 Å². The molecule has 0 spiro atoms. The molecule has 3 rings (SSSR count). The average Bonchev–Trinajstić information content (AvgIpc) is 3.19. The number of halogens is 3. The molecule has 1 fully saturated rings. The Labute approximate surface area is 147 Å². The maximum absolute atomic E-state index is 12.8. The fraction of sp³-hybridized carbons (Fsp3) is 0.412. The van der Waals surface area contributed by atoms with Crippen LogP contribution in [0.1, 0.15) is 35.3 Å². The van der Waals surface area contributed by atoms with Crippen molar-refractivity contribution >= 4 is 22.4 Å². The van der Waals surface area contributed by atoms with E-state index in [1.54, 1.807) is 12.3 Å². The molecule has 25 heavy (non-hydrogen) atoms. The zero-order valence-corrected chi connectivity index (χ0v) is 14.2. The largest absolute Gasteiger partial charge is 0.416 e.